The van der Waals surface area contributed by atoms with E-state index in [1.54, 1.807) is 11.8 Å². The molecule has 2 aromatic carbocycles. The van der Waals surface area contributed by atoms with E-state index in [9.17, 15) is 0 Å². The van der Waals surface area contributed by atoms with Crippen molar-refractivity contribution < 1.29 is 4.42 Å². The Balaban J connectivity index is 1.55. The zero-order valence-corrected chi connectivity index (χ0v) is 15.7. The molecule has 0 amide bonds. The molecule has 0 fully saturated rings. The quantitative estimate of drug-likeness (QED) is 0.345. The number of para-hydroxylation sites is 1. The molecular formula is C18H13BrN4OS. The summed E-state index contributed by atoms with van der Waals surface area (Å²) in [6.07, 6.45) is 0. The van der Waals surface area contributed by atoms with E-state index in [1.807, 2.05) is 55.5 Å². The maximum atomic E-state index is 5.77. The van der Waals surface area contributed by atoms with Crippen LogP contribution in [0.25, 0.3) is 22.4 Å². The molecule has 5 nitrogen and oxygen atoms in total. The van der Waals surface area contributed by atoms with Crippen molar-refractivity contribution in [1.29, 1.82) is 0 Å². The highest BCUT2D eigenvalue weighted by molar-refractivity contribution is 9.10. The summed E-state index contributed by atoms with van der Waals surface area (Å²) in [6, 6.07) is 15.8. The molecule has 0 aliphatic heterocycles. The van der Waals surface area contributed by atoms with Gasteiger partial charge < -0.3 is 4.42 Å². The molecule has 0 saturated heterocycles. The Labute approximate surface area is 157 Å². The zero-order chi connectivity index (χ0) is 17.2. The minimum absolute atomic E-state index is 0.520. The highest BCUT2D eigenvalue weighted by Gasteiger charge is 2.11. The monoisotopic (exact) mass is 412 g/mol. The third kappa shape index (κ3) is 3.57. The average molecular weight is 413 g/mol. The Bertz CT molecular complexity index is 1030. The second-order valence-electron chi connectivity index (χ2n) is 5.39. The van der Waals surface area contributed by atoms with Crippen LogP contribution < -0.4 is 0 Å². The van der Waals surface area contributed by atoms with Gasteiger partial charge in [-0.3, -0.25) is 0 Å². The molecule has 7 heteroatoms. The minimum atomic E-state index is 0.520. The van der Waals surface area contributed by atoms with E-state index in [-0.39, 0.29) is 0 Å². The van der Waals surface area contributed by atoms with E-state index >= 15 is 0 Å². The van der Waals surface area contributed by atoms with Crippen LogP contribution in [-0.4, -0.2) is 20.2 Å². The van der Waals surface area contributed by atoms with Gasteiger partial charge in [0, 0.05) is 15.4 Å². The van der Waals surface area contributed by atoms with E-state index in [0.717, 1.165) is 31.8 Å². The fraction of sp³-hybridized carbons (Fsp3) is 0.111. The molecule has 0 N–H and O–H groups in total. The lowest BCUT2D eigenvalue weighted by Crippen LogP contribution is -1.93. The van der Waals surface area contributed by atoms with Gasteiger partial charge in [0.25, 0.3) is 0 Å². The van der Waals surface area contributed by atoms with Crippen molar-refractivity contribution in [2.75, 3.05) is 0 Å². The lowest BCUT2D eigenvalue weighted by Gasteiger charge is -2.04. The van der Waals surface area contributed by atoms with Crippen LogP contribution in [0, 0.1) is 6.92 Å². The second kappa shape index (κ2) is 6.93. The van der Waals surface area contributed by atoms with E-state index < -0.39 is 0 Å². The molecule has 2 heterocycles. The highest BCUT2D eigenvalue weighted by atomic mass is 79.9. The highest BCUT2D eigenvalue weighted by Crippen LogP contribution is 2.28. The smallest absolute Gasteiger partial charge is 0.247 e. The summed E-state index contributed by atoms with van der Waals surface area (Å²) in [6.45, 7) is 1.90. The third-order valence-corrected chi connectivity index (χ3v) is 5.08. The topological polar surface area (TPSA) is 64.7 Å². The first-order valence-corrected chi connectivity index (χ1v) is 9.41. The van der Waals surface area contributed by atoms with E-state index in [0.29, 0.717) is 17.5 Å². The summed E-state index contributed by atoms with van der Waals surface area (Å²) in [5, 5.41) is 10.2. The average Bonchev–Trinajstić information content (AvgIpc) is 3.09. The molecule has 0 spiro atoms. The van der Waals surface area contributed by atoms with Crippen molar-refractivity contribution >= 4 is 38.6 Å². The summed E-state index contributed by atoms with van der Waals surface area (Å²) < 4.78 is 6.78. The summed E-state index contributed by atoms with van der Waals surface area (Å²) in [7, 11) is 0. The second-order valence-corrected chi connectivity index (χ2v) is 7.27. The molecule has 0 saturated carbocycles. The molecule has 0 radical (unpaired) electrons. The van der Waals surface area contributed by atoms with Crippen molar-refractivity contribution in [1.82, 2.24) is 20.2 Å². The molecule has 25 heavy (non-hydrogen) atoms. The van der Waals surface area contributed by atoms with Gasteiger partial charge in [-0.05, 0) is 37.3 Å². The molecule has 0 unspecified atom stereocenters. The van der Waals surface area contributed by atoms with Crippen LogP contribution in [0.3, 0.4) is 0 Å². The summed E-state index contributed by atoms with van der Waals surface area (Å²) >= 11 is 4.99. The van der Waals surface area contributed by atoms with Crippen LogP contribution >= 0.6 is 27.7 Å². The Kier molecular flexibility index (Phi) is 4.50. The van der Waals surface area contributed by atoms with Crippen molar-refractivity contribution in [3.8, 4) is 11.5 Å². The van der Waals surface area contributed by atoms with Gasteiger partial charge in [-0.15, -0.1) is 10.2 Å². The normalized spacial score (nSPS) is 11.1. The van der Waals surface area contributed by atoms with Gasteiger partial charge >= 0.3 is 0 Å². The van der Waals surface area contributed by atoms with Crippen molar-refractivity contribution in [3.05, 3.63) is 64.7 Å². The fourth-order valence-corrected chi connectivity index (χ4v) is 3.59. The first kappa shape index (κ1) is 16.2. The number of hydrogen-bond acceptors (Lipinski definition) is 6. The maximum Gasteiger partial charge on any atom is 0.247 e. The number of thioether (sulfide) groups is 1. The lowest BCUT2D eigenvalue weighted by atomic mass is 10.2. The summed E-state index contributed by atoms with van der Waals surface area (Å²) in [5.41, 5.74) is 1.84. The maximum absolute atomic E-state index is 5.77. The van der Waals surface area contributed by atoms with Gasteiger partial charge in [0.05, 0.1) is 11.3 Å². The van der Waals surface area contributed by atoms with Gasteiger partial charge in [-0.1, -0.05) is 45.9 Å². The molecule has 4 aromatic rings. The molecule has 0 aliphatic carbocycles. The fourth-order valence-electron chi connectivity index (χ4n) is 2.42. The van der Waals surface area contributed by atoms with Crippen LogP contribution in [0.4, 0.5) is 0 Å². The third-order valence-electron chi connectivity index (χ3n) is 3.57. The number of rotatable bonds is 4. The van der Waals surface area contributed by atoms with E-state index in [1.165, 1.54) is 0 Å². The summed E-state index contributed by atoms with van der Waals surface area (Å²) in [5.74, 6) is 2.40. The van der Waals surface area contributed by atoms with Crippen LogP contribution in [0.1, 0.15) is 11.7 Å². The molecule has 0 bridgehead atoms. The van der Waals surface area contributed by atoms with Crippen molar-refractivity contribution in [2.45, 2.75) is 17.7 Å². The van der Waals surface area contributed by atoms with Gasteiger partial charge in [-0.2, -0.15) is 0 Å². The number of aryl methyl sites for hydroxylation is 1. The van der Waals surface area contributed by atoms with Crippen LogP contribution in [-0.2, 0) is 5.75 Å². The largest absolute Gasteiger partial charge is 0.420 e. The van der Waals surface area contributed by atoms with Gasteiger partial charge in [0.15, 0.2) is 0 Å². The predicted octanol–water partition coefficient (Wildman–Crippen LogP) is 5.04. The molecule has 2 aromatic heterocycles. The number of hydrogen-bond donors (Lipinski definition) is 0. The molecular weight excluding hydrogens is 400 g/mol. The number of halogens is 1. The van der Waals surface area contributed by atoms with Crippen molar-refractivity contribution in [3.63, 3.8) is 0 Å². The minimum Gasteiger partial charge on any atom is -0.420 e. The van der Waals surface area contributed by atoms with Crippen LogP contribution in [0.5, 0.6) is 0 Å². The molecule has 0 atom stereocenters. The molecule has 4 rings (SSSR count). The number of fused-ring (bicyclic) bond motifs is 1. The van der Waals surface area contributed by atoms with Gasteiger partial charge in [0.2, 0.25) is 11.8 Å². The van der Waals surface area contributed by atoms with E-state index in [4.69, 9.17) is 4.42 Å². The Morgan fingerprint density at radius 2 is 1.80 bits per heavy atom. The SMILES string of the molecule is Cc1nc(SCc2nnc(-c3ccc(Br)cc3)o2)c2ccccc2n1. The Morgan fingerprint density at radius 1 is 1.00 bits per heavy atom. The number of aromatic nitrogens is 4. The van der Waals surface area contributed by atoms with Crippen molar-refractivity contribution in [2.24, 2.45) is 0 Å². The Morgan fingerprint density at radius 3 is 2.64 bits per heavy atom. The lowest BCUT2D eigenvalue weighted by molar-refractivity contribution is 0.528. The van der Waals surface area contributed by atoms with Crippen LogP contribution in [0.2, 0.25) is 0 Å². The van der Waals surface area contributed by atoms with Gasteiger partial charge in [0.1, 0.15) is 10.9 Å². The number of benzene rings is 2. The predicted molar refractivity (Wildman–Crippen MR) is 101 cm³/mol. The molecule has 124 valence electrons. The van der Waals surface area contributed by atoms with Gasteiger partial charge in [-0.25, -0.2) is 9.97 Å². The summed E-state index contributed by atoms with van der Waals surface area (Å²) in [4.78, 5) is 9.01. The van der Waals surface area contributed by atoms with E-state index in [2.05, 4.69) is 36.1 Å². The first-order chi connectivity index (χ1) is 12.2. The first-order valence-electron chi connectivity index (χ1n) is 7.63. The number of nitrogens with zero attached hydrogens (tertiary/aromatic N) is 4. The molecule has 0 aliphatic rings. The van der Waals surface area contributed by atoms with Crippen LogP contribution in [0.15, 0.2) is 62.4 Å². The standard InChI is InChI=1S/C18H13BrN4OS/c1-11-20-15-5-3-2-4-14(15)18(21-11)25-10-16-22-23-17(24-16)12-6-8-13(19)9-7-12/h2-9H,10H2,1H3. The zero-order valence-electron chi connectivity index (χ0n) is 13.3. The Hall–Kier alpha value is -2.25.